The Morgan fingerprint density at radius 2 is 2.04 bits per heavy atom. The van der Waals surface area contributed by atoms with Gasteiger partial charge in [0.05, 0.1) is 6.42 Å². The number of urea groups is 1. The van der Waals surface area contributed by atoms with E-state index in [1.165, 1.54) is 23.1 Å². The van der Waals surface area contributed by atoms with Crippen LogP contribution in [0.15, 0.2) is 24.3 Å². The van der Waals surface area contributed by atoms with Gasteiger partial charge in [0, 0.05) is 18.8 Å². The van der Waals surface area contributed by atoms with E-state index in [4.69, 9.17) is 0 Å². The maximum atomic E-state index is 12.7. The predicted molar refractivity (Wildman–Crippen MR) is 83.6 cm³/mol. The van der Waals surface area contributed by atoms with E-state index in [0.717, 1.165) is 0 Å². The summed E-state index contributed by atoms with van der Waals surface area (Å²) in [6, 6.07) is 4.58. The fourth-order valence-electron chi connectivity index (χ4n) is 2.77. The third-order valence-corrected chi connectivity index (χ3v) is 3.80. The van der Waals surface area contributed by atoms with Crippen LogP contribution < -0.4 is 10.6 Å². The Balaban J connectivity index is 2.18. The Morgan fingerprint density at radius 3 is 2.67 bits per heavy atom. The van der Waals surface area contributed by atoms with Gasteiger partial charge in [0.2, 0.25) is 5.91 Å². The number of anilines is 1. The van der Waals surface area contributed by atoms with Crippen LogP contribution in [0, 0.1) is 5.92 Å². The number of nitrogens with one attached hydrogen (secondary N) is 2. The number of amides is 3. The molecular formula is C16H20F3N3O2. The first kappa shape index (κ1) is 18.1. The van der Waals surface area contributed by atoms with Gasteiger partial charge < -0.3 is 15.5 Å². The van der Waals surface area contributed by atoms with Crippen molar-refractivity contribution in [1.29, 1.82) is 0 Å². The summed E-state index contributed by atoms with van der Waals surface area (Å²) in [6.07, 6.45) is -5.50. The predicted octanol–water partition coefficient (Wildman–Crippen LogP) is 2.78. The topological polar surface area (TPSA) is 61.4 Å². The highest BCUT2D eigenvalue weighted by Crippen LogP contribution is 2.26. The van der Waals surface area contributed by atoms with Crippen LogP contribution >= 0.6 is 0 Å². The minimum Gasteiger partial charge on any atom is -0.353 e. The molecule has 0 aliphatic carbocycles. The molecule has 3 amide bonds. The van der Waals surface area contributed by atoms with Crippen molar-refractivity contribution < 1.29 is 22.8 Å². The number of piperazine rings is 1. The van der Waals surface area contributed by atoms with Crippen LogP contribution in [0.3, 0.4) is 0 Å². The summed E-state index contributed by atoms with van der Waals surface area (Å²) in [5.74, 6) is -0.364. The zero-order chi connectivity index (χ0) is 17.9. The van der Waals surface area contributed by atoms with Gasteiger partial charge in [-0.25, -0.2) is 4.79 Å². The molecule has 0 aromatic heterocycles. The van der Waals surface area contributed by atoms with Crippen LogP contribution in [0.1, 0.15) is 19.4 Å². The van der Waals surface area contributed by atoms with E-state index in [1.807, 2.05) is 13.8 Å². The molecule has 1 aliphatic heterocycles. The zero-order valence-electron chi connectivity index (χ0n) is 13.5. The van der Waals surface area contributed by atoms with Gasteiger partial charge in [-0.15, -0.1) is 0 Å². The molecule has 1 unspecified atom stereocenters. The Bertz CT molecular complexity index is 617. The molecule has 1 aromatic rings. The third kappa shape index (κ3) is 4.39. The quantitative estimate of drug-likeness (QED) is 0.887. The smallest absolute Gasteiger partial charge is 0.353 e. The number of rotatable bonds is 3. The Kier molecular flexibility index (Phi) is 5.36. The first-order valence-electron chi connectivity index (χ1n) is 7.69. The van der Waals surface area contributed by atoms with Crippen molar-refractivity contribution in [3.8, 4) is 0 Å². The molecule has 8 heteroatoms. The number of benzene rings is 1. The van der Waals surface area contributed by atoms with Gasteiger partial charge >= 0.3 is 12.2 Å². The first-order chi connectivity index (χ1) is 11.2. The molecule has 1 aliphatic rings. The number of carbonyl (C=O) groups excluding carboxylic acids is 2. The van der Waals surface area contributed by atoms with Gasteiger partial charge in [-0.3, -0.25) is 4.79 Å². The SMILES string of the molecule is CC(C)C1C(=O)NCCN1C(=O)Nc1ccccc1CC(F)(F)F. The number of nitrogens with zero attached hydrogens (tertiary/aromatic N) is 1. The molecule has 0 bridgehead atoms. The lowest BCUT2D eigenvalue weighted by Crippen LogP contribution is -2.60. The number of carbonyl (C=O) groups is 2. The van der Waals surface area contributed by atoms with E-state index in [9.17, 15) is 22.8 Å². The largest absolute Gasteiger partial charge is 0.393 e. The van der Waals surface area contributed by atoms with E-state index in [0.29, 0.717) is 13.1 Å². The summed E-state index contributed by atoms with van der Waals surface area (Å²) in [5, 5.41) is 5.21. The van der Waals surface area contributed by atoms with Crippen LogP contribution in [0.4, 0.5) is 23.7 Å². The minimum absolute atomic E-state index is 0.0130. The van der Waals surface area contributed by atoms with Crippen LogP contribution in [-0.2, 0) is 11.2 Å². The van der Waals surface area contributed by atoms with E-state index in [2.05, 4.69) is 10.6 Å². The van der Waals surface area contributed by atoms with E-state index in [-0.39, 0.29) is 23.1 Å². The number of hydrogen-bond acceptors (Lipinski definition) is 2. The van der Waals surface area contributed by atoms with Crippen LogP contribution in [0.25, 0.3) is 0 Å². The molecule has 2 rings (SSSR count). The zero-order valence-corrected chi connectivity index (χ0v) is 13.5. The summed E-state index contributed by atoms with van der Waals surface area (Å²) in [6.45, 7) is 4.25. The van der Waals surface area contributed by atoms with Gasteiger partial charge in [0.15, 0.2) is 0 Å². The lowest BCUT2D eigenvalue weighted by atomic mass is 10.00. The monoisotopic (exact) mass is 343 g/mol. The standard InChI is InChI=1S/C16H20F3N3O2/c1-10(2)13-14(23)20-7-8-22(13)15(24)21-12-6-4-3-5-11(12)9-16(17,18)19/h3-6,10,13H,7-9H2,1-2H3,(H,20,23)(H,21,24). The second kappa shape index (κ2) is 7.11. The molecule has 0 saturated carbocycles. The molecule has 5 nitrogen and oxygen atoms in total. The van der Waals surface area contributed by atoms with Crippen molar-refractivity contribution in [2.24, 2.45) is 5.92 Å². The molecule has 1 fully saturated rings. The van der Waals surface area contributed by atoms with Gasteiger partial charge in [0.25, 0.3) is 0 Å². The summed E-state index contributed by atoms with van der Waals surface area (Å²) < 4.78 is 38.0. The van der Waals surface area contributed by atoms with Crippen LogP contribution in [-0.4, -0.2) is 42.1 Å². The van der Waals surface area contributed by atoms with E-state index >= 15 is 0 Å². The summed E-state index contributed by atoms with van der Waals surface area (Å²) in [7, 11) is 0. The molecule has 2 N–H and O–H groups in total. The maximum absolute atomic E-state index is 12.7. The van der Waals surface area contributed by atoms with Crippen molar-refractivity contribution in [2.45, 2.75) is 32.5 Å². The molecule has 132 valence electrons. The lowest BCUT2D eigenvalue weighted by Gasteiger charge is -2.37. The summed E-state index contributed by atoms with van der Waals surface area (Å²) in [4.78, 5) is 25.8. The highest BCUT2D eigenvalue weighted by molar-refractivity contribution is 5.95. The minimum atomic E-state index is -4.37. The summed E-state index contributed by atoms with van der Waals surface area (Å²) in [5.41, 5.74) is 0.0919. The second-order valence-corrected chi connectivity index (χ2v) is 6.05. The Morgan fingerprint density at radius 1 is 1.38 bits per heavy atom. The normalized spacial score (nSPS) is 18.5. The molecule has 0 spiro atoms. The van der Waals surface area contributed by atoms with Gasteiger partial charge in [-0.05, 0) is 17.5 Å². The number of para-hydroxylation sites is 1. The molecule has 0 radical (unpaired) electrons. The van der Waals surface area contributed by atoms with Crippen molar-refractivity contribution in [3.63, 3.8) is 0 Å². The fourth-order valence-corrected chi connectivity index (χ4v) is 2.77. The van der Waals surface area contributed by atoms with Crippen molar-refractivity contribution >= 4 is 17.6 Å². The van der Waals surface area contributed by atoms with E-state index < -0.39 is 24.7 Å². The number of halogens is 3. The van der Waals surface area contributed by atoms with Crippen molar-refractivity contribution in [1.82, 2.24) is 10.2 Å². The lowest BCUT2D eigenvalue weighted by molar-refractivity contribution is -0.129. The first-order valence-corrected chi connectivity index (χ1v) is 7.69. The third-order valence-electron chi connectivity index (χ3n) is 3.80. The molecule has 24 heavy (non-hydrogen) atoms. The molecule has 1 aromatic carbocycles. The Labute approximate surface area is 138 Å². The van der Waals surface area contributed by atoms with Gasteiger partial charge in [-0.2, -0.15) is 13.2 Å². The maximum Gasteiger partial charge on any atom is 0.393 e. The average molecular weight is 343 g/mol. The van der Waals surface area contributed by atoms with Crippen LogP contribution in [0.5, 0.6) is 0 Å². The Hall–Kier alpha value is -2.25. The van der Waals surface area contributed by atoms with E-state index in [1.54, 1.807) is 6.07 Å². The van der Waals surface area contributed by atoms with Crippen molar-refractivity contribution in [3.05, 3.63) is 29.8 Å². The highest BCUT2D eigenvalue weighted by atomic mass is 19.4. The van der Waals surface area contributed by atoms with Gasteiger partial charge in [-0.1, -0.05) is 32.0 Å². The van der Waals surface area contributed by atoms with Gasteiger partial charge in [0.1, 0.15) is 6.04 Å². The number of hydrogen-bond donors (Lipinski definition) is 2. The average Bonchev–Trinajstić information content (AvgIpc) is 2.47. The molecule has 1 heterocycles. The number of alkyl halides is 3. The molecule has 1 saturated heterocycles. The van der Waals surface area contributed by atoms with Crippen LogP contribution in [0.2, 0.25) is 0 Å². The molecular weight excluding hydrogens is 323 g/mol. The van der Waals surface area contributed by atoms with Crippen molar-refractivity contribution in [2.75, 3.05) is 18.4 Å². The second-order valence-electron chi connectivity index (χ2n) is 6.05. The molecule has 1 atom stereocenters. The highest BCUT2D eigenvalue weighted by Gasteiger charge is 2.36. The fraction of sp³-hybridized carbons (Fsp3) is 0.500. The summed E-state index contributed by atoms with van der Waals surface area (Å²) >= 11 is 0.